The van der Waals surface area contributed by atoms with Gasteiger partial charge in [-0.3, -0.25) is 4.90 Å². The largest absolute Gasteiger partial charge is 0.381 e. The summed E-state index contributed by atoms with van der Waals surface area (Å²) in [6, 6.07) is 12.8. The lowest BCUT2D eigenvalue weighted by atomic mass is 9.83. The zero-order valence-corrected chi connectivity index (χ0v) is 26.2. The molecule has 0 radical (unpaired) electrons. The van der Waals surface area contributed by atoms with E-state index < -0.39 is 9.84 Å². The highest BCUT2D eigenvalue weighted by Gasteiger charge is 2.40. The van der Waals surface area contributed by atoms with Crippen LogP contribution in [0.1, 0.15) is 70.3 Å². The third kappa shape index (κ3) is 5.77. The summed E-state index contributed by atoms with van der Waals surface area (Å²) in [4.78, 5) is 10.6. The van der Waals surface area contributed by atoms with E-state index in [2.05, 4.69) is 23.6 Å². The van der Waals surface area contributed by atoms with Crippen LogP contribution in [0.25, 0.3) is 22.4 Å². The summed E-state index contributed by atoms with van der Waals surface area (Å²) in [6.45, 7) is 8.55. The summed E-state index contributed by atoms with van der Waals surface area (Å²) in [5.41, 5.74) is 3.09. The van der Waals surface area contributed by atoms with Crippen molar-refractivity contribution in [2.45, 2.75) is 93.8 Å². The molecule has 7 nitrogen and oxygen atoms in total. The average molecular weight is 597 g/mol. The molecule has 3 aliphatic rings. The topological polar surface area (TPSA) is 67.7 Å². The number of hydrogen-bond donors (Lipinski definition) is 0. The van der Waals surface area contributed by atoms with Crippen LogP contribution in [-0.4, -0.2) is 84.5 Å². The summed E-state index contributed by atoms with van der Waals surface area (Å²) < 4.78 is 46.8. The van der Waals surface area contributed by atoms with Crippen molar-refractivity contribution < 1.29 is 17.5 Å². The maximum atomic E-state index is 15.6. The highest BCUT2D eigenvalue weighted by Crippen LogP contribution is 2.38. The number of halogens is 1. The fraction of sp³-hybridized carbons (Fsp3) is 0.606. The van der Waals surface area contributed by atoms with E-state index >= 15 is 4.39 Å². The van der Waals surface area contributed by atoms with E-state index in [-0.39, 0.29) is 16.6 Å². The zero-order valence-electron chi connectivity index (χ0n) is 25.4. The van der Waals surface area contributed by atoms with Crippen molar-refractivity contribution in [3.8, 4) is 11.4 Å². The van der Waals surface area contributed by atoms with Crippen molar-refractivity contribution in [2.24, 2.45) is 7.05 Å². The monoisotopic (exact) mass is 596 g/mol. The van der Waals surface area contributed by atoms with Gasteiger partial charge in [0, 0.05) is 62.3 Å². The molecule has 0 saturated carbocycles. The Balaban J connectivity index is 1.15. The number of ether oxygens (including phenoxy) is 1. The third-order valence-corrected chi connectivity index (χ3v) is 11.3. The first-order valence-electron chi connectivity index (χ1n) is 15.7. The minimum Gasteiger partial charge on any atom is -0.381 e. The van der Waals surface area contributed by atoms with Crippen molar-refractivity contribution in [1.82, 2.24) is 19.4 Å². The number of piperidine rings is 2. The van der Waals surface area contributed by atoms with Gasteiger partial charge in [-0.15, -0.1) is 0 Å². The van der Waals surface area contributed by atoms with Gasteiger partial charge in [0.25, 0.3) is 0 Å². The van der Waals surface area contributed by atoms with Gasteiger partial charge in [-0.1, -0.05) is 6.92 Å². The smallest absolute Gasteiger partial charge is 0.175 e. The van der Waals surface area contributed by atoms with Crippen LogP contribution in [0.2, 0.25) is 0 Å². The van der Waals surface area contributed by atoms with Crippen LogP contribution in [0.5, 0.6) is 0 Å². The molecule has 3 atom stereocenters. The molecule has 6 rings (SSSR count). The molecule has 0 N–H and O–H groups in total. The molecule has 0 amide bonds. The van der Waals surface area contributed by atoms with Crippen molar-refractivity contribution in [1.29, 1.82) is 0 Å². The fourth-order valence-corrected chi connectivity index (χ4v) is 8.58. The first-order valence-corrected chi connectivity index (χ1v) is 17.6. The second-order valence-corrected chi connectivity index (χ2v) is 14.8. The Labute approximate surface area is 250 Å². The second kappa shape index (κ2) is 12.0. The number of sulfone groups is 1. The van der Waals surface area contributed by atoms with Crippen molar-refractivity contribution in [3.05, 3.63) is 47.8 Å². The molecule has 4 heterocycles. The number of fused-ring (bicyclic) bond motifs is 1. The number of nitrogens with zero attached hydrogens (tertiary/aromatic N) is 4. The van der Waals surface area contributed by atoms with Gasteiger partial charge in [0.15, 0.2) is 9.84 Å². The molecule has 3 aromatic rings. The van der Waals surface area contributed by atoms with E-state index in [9.17, 15) is 8.42 Å². The summed E-state index contributed by atoms with van der Waals surface area (Å²) in [5.74, 6) is 0.724. The number of aryl methyl sites for hydroxylation is 1. The number of hydrogen-bond acceptors (Lipinski definition) is 6. The van der Waals surface area contributed by atoms with Crippen LogP contribution >= 0.6 is 0 Å². The van der Waals surface area contributed by atoms with Gasteiger partial charge in [-0.2, -0.15) is 0 Å². The number of likely N-dealkylation sites (tertiary alicyclic amines) is 2. The lowest BCUT2D eigenvalue weighted by Crippen LogP contribution is -2.58. The van der Waals surface area contributed by atoms with E-state index in [4.69, 9.17) is 9.72 Å². The summed E-state index contributed by atoms with van der Waals surface area (Å²) >= 11 is 0. The van der Waals surface area contributed by atoms with Gasteiger partial charge in [0.05, 0.1) is 15.9 Å². The molecular weight excluding hydrogens is 551 g/mol. The van der Waals surface area contributed by atoms with Crippen LogP contribution in [0.4, 0.5) is 4.39 Å². The van der Waals surface area contributed by atoms with Crippen LogP contribution in [0, 0.1) is 5.82 Å². The quantitative estimate of drug-likeness (QED) is 0.360. The highest BCUT2D eigenvalue weighted by atomic mass is 32.2. The van der Waals surface area contributed by atoms with E-state index in [0.717, 1.165) is 74.1 Å². The molecule has 3 saturated heterocycles. The maximum absolute atomic E-state index is 15.6. The standard InChI is InChI=1S/C33H45FN4O3S/c1-5-25-19-27(18-22(2)38(25)26-12-16-41-17-13-26)37-14-10-23(11-15-37)29-20-31-32(21-30(29)34)36(3)33(35-31)24-6-8-28(9-7-24)42(4,39)40/h6-9,20-23,25-27H,5,10-19H2,1-4H3. The fourth-order valence-electron chi connectivity index (χ4n) is 7.95. The molecule has 0 bridgehead atoms. The molecule has 3 aliphatic heterocycles. The SMILES string of the molecule is CCC1CC(N2CCC(c3cc4nc(-c5ccc(S(C)(=O)=O)cc5)n(C)c4cc3F)CC2)CC(C)N1C1CCOCC1. The van der Waals surface area contributed by atoms with Crippen LogP contribution in [0.3, 0.4) is 0 Å². The van der Waals surface area contributed by atoms with Crippen molar-refractivity contribution >= 4 is 20.9 Å². The van der Waals surface area contributed by atoms with Gasteiger partial charge in [0.1, 0.15) is 11.6 Å². The Hall–Kier alpha value is -2.33. The van der Waals surface area contributed by atoms with Crippen molar-refractivity contribution in [2.75, 3.05) is 32.6 Å². The summed E-state index contributed by atoms with van der Waals surface area (Å²) in [6.07, 6.45) is 9.05. The van der Waals surface area contributed by atoms with E-state index in [0.29, 0.717) is 30.0 Å². The summed E-state index contributed by atoms with van der Waals surface area (Å²) in [7, 11) is -1.39. The minimum absolute atomic E-state index is 0.160. The van der Waals surface area contributed by atoms with Crippen LogP contribution < -0.4 is 0 Å². The first kappa shape index (κ1) is 29.7. The van der Waals surface area contributed by atoms with Crippen molar-refractivity contribution in [3.63, 3.8) is 0 Å². The lowest BCUT2D eigenvalue weighted by Gasteiger charge is -2.51. The molecule has 1 aromatic heterocycles. The molecule has 2 aromatic carbocycles. The normalized spacial score (nSPS) is 25.8. The molecular formula is C33H45FN4O3S. The van der Waals surface area contributed by atoms with Gasteiger partial charge >= 0.3 is 0 Å². The Morgan fingerprint density at radius 1 is 1.00 bits per heavy atom. The molecule has 9 heteroatoms. The Kier molecular flexibility index (Phi) is 8.48. The Morgan fingerprint density at radius 2 is 1.69 bits per heavy atom. The van der Waals surface area contributed by atoms with E-state index in [1.165, 1.54) is 25.5 Å². The predicted octanol–water partition coefficient (Wildman–Crippen LogP) is 5.77. The second-order valence-electron chi connectivity index (χ2n) is 12.8. The number of aromatic nitrogens is 2. The lowest BCUT2D eigenvalue weighted by molar-refractivity contribution is -0.0441. The molecule has 0 aliphatic carbocycles. The molecule has 228 valence electrons. The predicted molar refractivity (Wildman–Crippen MR) is 165 cm³/mol. The van der Waals surface area contributed by atoms with Gasteiger partial charge in [-0.25, -0.2) is 17.8 Å². The Morgan fingerprint density at radius 3 is 2.33 bits per heavy atom. The molecule has 42 heavy (non-hydrogen) atoms. The molecule has 3 fully saturated rings. The number of imidazole rings is 1. The average Bonchev–Trinajstić information content (AvgIpc) is 3.31. The Bertz CT molecular complexity index is 1510. The van der Waals surface area contributed by atoms with Gasteiger partial charge < -0.3 is 14.2 Å². The van der Waals surface area contributed by atoms with Gasteiger partial charge in [0.2, 0.25) is 0 Å². The van der Waals surface area contributed by atoms with E-state index in [1.54, 1.807) is 30.3 Å². The van der Waals surface area contributed by atoms with Crippen LogP contribution in [0.15, 0.2) is 41.3 Å². The van der Waals surface area contributed by atoms with Crippen LogP contribution in [-0.2, 0) is 21.6 Å². The first-order chi connectivity index (χ1) is 20.1. The summed E-state index contributed by atoms with van der Waals surface area (Å²) in [5, 5.41) is 0. The zero-order chi connectivity index (χ0) is 29.6. The van der Waals surface area contributed by atoms with Gasteiger partial charge in [-0.05, 0) is 107 Å². The third-order valence-electron chi connectivity index (χ3n) is 10.2. The van der Waals surface area contributed by atoms with E-state index in [1.807, 2.05) is 17.7 Å². The molecule has 0 spiro atoms. The highest BCUT2D eigenvalue weighted by molar-refractivity contribution is 7.90. The number of benzene rings is 2. The minimum atomic E-state index is -3.27. The molecule has 3 unspecified atom stereocenters. The maximum Gasteiger partial charge on any atom is 0.175 e. The number of rotatable bonds is 6.